The van der Waals surface area contributed by atoms with Crippen molar-refractivity contribution in [3.8, 4) is 0 Å². The molecule has 1 N–H and O–H groups in total. The van der Waals surface area contributed by atoms with Crippen LogP contribution in [0.15, 0.2) is 12.2 Å². The van der Waals surface area contributed by atoms with Crippen LogP contribution in [0.1, 0.15) is 52.4 Å². The second-order valence-electron chi connectivity index (χ2n) is 5.28. The van der Waals surface area contributed by atoms with E-state index in [1.165, 1.54) is 44.1 Å². The zero-order valence-corrected chi connectivity index (χ0v) is 11.8. The van der Waals surface area contributed by atoms with Crippen LogP contribution < -0.4 is 5.32 Å². The first-order valence-corrected chi connectivity index (χ1v) is 7.39. The van der Waals surface area contributed by atoms with Crippen molar-refractivity contribution < 1.29 is 0 Å². The first-order chi connectivity index (χ1) is 8.27. The molecule has 0 heterocycles. The summed E-state index contributed by atoms with van der Waals surface area (Å²) in [4.78, 5) is 2.62. The second kappa shape index (κ2) is 8.71. The summed E-state index contributed by atoms with van der Waals surface area (Å²) in [5.41, 5.74) is 1.34. The third-order valence-corrected chi connectivity index (χ3v) is 3.73. The van der Waals surface area contributed by atoms with E-state index in [4.69, 9.17) is 0 Å². The van der Waals surface area contributed by atoms with E-state index in [2.05, 4.69) is 30.6 Å². The van der Waals surface area contributed by atoms with Crippen molar-refractivity contribution in [2.75, 3.05) is 26.2 Å². The number of likely N-dealkylation sites (N-methyl/N-ethyl adjacent to an activating group) is 1. The van der Waals surface area contributed by atoms with E-state index < -0.39 is 0 Å². The molecule has 1 fully saturated rings. The molecule has 1 aliphatic carbocycles. The second-order valence-corrected chi connectivity index (χ2v) is 5.28. The van der Waals surface area contributed by atoms with Crippen molar-refractivity contribution in [2.24, 2.45) is 0 Å². The van der Waals surface area contributed by atoms with E-state index in [1.807, 2.05) is 0 Å². The highest BCUT2D eigenvalue weighted by Crippen LogP contribution is 2.22. The minimum absolute atomic E-state index is 0.816. The Hall–Kier alpha value is -0.340. The van der Waals surface area contributed by atoms with Crippen LogP contribution >= 0.6 is 0 Å². The molecule has 0 atom stereocenters. The molecule has 100 valence electrons. The van der Waals surface area contributed by atoms with Crippen molar-refractivity contribution in [1.82, 2.24) is 10.2 Å². The summed E-state index contributed by atoms with van der Waals surface area (Å²) in [7, 11) is 0. The summed E-state index contributed by atoms with van der Waals surface area (Å²) in [6.45, 7) is 13.0. The van der Waals surface area contributed by atoms with Crippen LogP contribution in [0.25, 0.3) is 0 Å². The zero-order chi connectivity index (χ0) is 12.5. The van der Waals surface area contributed by atoms with E-state index in [1.54, 1.807) is 0 Å². The summed E-state index contributed by atoms with van der Waals surface area (Å²) in [5, 5.41) is 3.44. The molecular formula is C15H30N2. The monoisotopic (exact) mass is 238 g/mol. The van der Waals surface area contributed by atoms with Crippen LogP contribution in [0.4, 0.5) is 0 Å². The quantitative estimate of drug-likeness (QED) is 0.516. The highest BCUT2D eigenvalue weighted by atomic mass is 15.1. The fourth-order valence-electron chi connectivity index (χ4n) is 2.73. The van der Waals surface area contributed by atoms with Crippen LogP contribution in [0, 0.1) is 0 Å². The molecule has 1 rings (SSSR count). The van der Waals surface area contributed by atoms with Gasteiger partial charge in [-0.1, -0.05) is 39.7 Å². The van der Waals surface area contributed by atoms with Crippen molar-refractivity contribution in [3.63, 3.8) is 0 Å². The molecule has 2 heteroatoms. The van der Waals surface area contributed by atoms with Crippen molar-refractivity contribution in [3.05, 3.63) is 12.2 Å². The summed E-state index contributed by atoms with van der Waals surface area (Å²) in [6.07, 6.45) is 8.26. The molecule has 0 aromatic heterocycles. The Balaban J connectivity index is 2.27. The third-order valence-electron chi connectivity index (χ3n) is 3.73. The topological polar surface area (TPSA) is 15.3 Å². The summed E-state index contributed by atoms with van der Waals surface area (Å²) in [5.74, 6) is 0. The molecule has 1 aliphatic rings. The Kier molecular flexibility index (Phi) is 7.54. The van der Waals surface area contributed by atoms with E-state index in [0.717, 1.165) is 32.2 Å². The Morgan fingerprint density at radius 1 is 1.24 bits per heavy atom. The predicted octanol–water partition coefficient (Wildman–Crippen LogP) is 3.20. The average molecular weight is 238 g/mol. The molecule has 17 heavy (non-hydrogen) atoms. The van der Waals surface area contributed by atoms with E-state index in [-0.39, 0.29) is 0 Å². The third kappa shape index (κ3) is 5.69. The van der Waals surface area contributed by atoms with Crippen LogP contribution in [0.5, 0.6) is 0 Å². The van der Waals surface area contributed by atoms with Gasteiger partial charge in [-0.15, -0.1) is 0 Å². The van der Waals surface area contributed by atoms with Gasteiger partial charge in [0.05, 0.1) is 0 Å². The smallest absolute Gasteiger partial charge is 0.0205 e. The van der Waals surface area contributed by atoms with Gasteiger partial charge in [0.15, 0.2) is 0 Å². The van der Waals surface area contributed by atoms with E-state index >= 15 is 0 Å². The molecule has 2 nitrogen and oxygen atoms in total. The molecule has 0 bridgehead atoms. The van der Waals surface area contributed by atoms with Gasteiger partial charge in [-0.3, -0.25) is 4.90 Å². The van der Waals surface area contributed by atoms with Gasteiger partial charge < -0.3 is 5.32 Å². The molecule has 0 radical (unpaired) electrons. The van der Waals surface area contributed by atoms with Crippen LogP contribution in [-0.2, 0) is 0 Å². The lowest BCUT2D eigenvalue weighted by Gasteiger charge is -2.34. The molecule has 1 saturated carbocycles. The van der Waals surface area contributed by atoms with Crippen molar-refractivity contribution in [2.45, 2.75) is 58.4 Å². The molecule has 0 unspecified atom stereocenters. The maximum Gasteiger partial charge on any atom is 0.0205 e. The molecule has 0 saturated heterocycles. The lowest BCUT2D eigenvalue weighted by Crippen LogP contribution is -2.39. The van der Waals surface area contributed by atoms with Gasteiger partial charge >= 0.3 is 0 Å². The van der Waals surface area contributed by atoms with Gasteiger partial charge in [0.2, 0.25) is 0 Å². The Morgan fingerprint density at radius 3 is 2.53 bits per heavy atom. The first-order valence-electron chi connectivity index (χ1n) is 7.39. The minimum atomic E-state index is 0.816. The van der Waals surface area contributed by atoms with Gasteiger partial charge in [0.25, 0.3) is 0 Å². The molecule has 0 amide bonds. The number of rotatable bonds is 8. The minimum Gasteiger partial charge on any atom is -0.313 e. The Morgan fingerprint density at radius 2 is 1.94 bits per heavy atom. The summed E-state index contributed by atoms with van der Waals surface area (Å²) >= 11 is 0. The van der Waals surface area contributed by atoms with Gasteiger partial charge in [0, 0.05) is 19.1 Å². The number of nitrogens with one attached hydrogen (secondary N) is 1. The molecule has 0 aromatic carbocycles. The fraction of sp³-hybridized carbons (Fsp3) is 0.867. The van der Waals surface area contributed by atoms with E-state index in [0.29, 0.717) is 0 Å². The lowest BCUT2D eigenvalue weighted by atomic mass is 9.94. The van der Waals surface area contributed by atoms with Crippen molar-refractivity contribution in [1.29, 1.82) is 0 Å². The largest absolute Gasteiger partial charge is 0.313 e. The number of hydrogen-bond acceptors (Lipinski definition) is 2. The van der Waals surface area contributed by atoms with Crippen LogP contribution in [0.2, 0.25) is 0 Å². The SMILES string of the molecule is C=C(CNCCC)CN(CC)C1CCCCC1. The maximum atomic E-state index is 4.20. The van der Waals surface area contributed by atoms with Gasteiger partial charge in [-0.2, -0.15) is 0 Å². The zero-order valence-electron chi connectivity index (χ0n) is 11.8. The molecular weight excluding hydrogens is 208 g/mol. The highest BCUT2D eigenvalue weighted by Gasteiger charge is 2.19. The summed E-state index contributed by atoms with van der Waals surface area (Å²) < 4.78 is 0. The number of hydrogen-bond donors (Lipinski definition) is 1. The average Bonchev–Trinajstić information content (AvgIpc) is 2.37. The van der Waals surface area contributed by atoms with Crippen LogP contribution in [-0.4, -0.2) is 37.1 Å². The molecule has 0 aliphatic heterocycles. The Labute approximate surface area is 107 Å². The Bertz CT molecular complexity index is 207. The fourth-order valence-corrected chi connectivity index (χ4v) is 2.73. The van der Waals surface area contributed by atoms with Crippen molar-refractivity contribution >= 4 is 0 Å². The predicted molar refractivity (Wildman–Crippen MR) is 76.4 cm³/mol. The summed E-state index contributed by atoms with van der Waals surface area (Å²) in [6, 6.07) is 0.816. The van der Waals surface area contributed by atoms with E-state index in [9.17, 15) is 0 Å². The van der Waals surface area contributed by atoms with Gasteiger partial charge in [-0.25, -0.2) is 0 Å². The first kappa shape index (κ1) is 14.7. The highest BCUT2D eigenvalue weighted by molar-refractivity contribution is 5.00. The van der Waals surface area contributed by atoms with Gasteiger partial charge in [0.1, 0.15) is 0 Å². The maximum absolute atomic E-state index is 4.20. The van der Waals surface area contributed by atoms with Crippen LogP contribution in [0.3, 0.4) is 0 Å². The lowest BCUT2D eigenvalue weighted by molar-refractivity contribution is 0.176. The van der Waals surface area contributed by atoms with Gasteiger partial charge in [-0.05, 0) is 37.9 Å². The molecule has 0 spiro atoms. The number of nitrogens with zero attached hydrogens (tertiary/aromatic N) is 1. The molecule has 0 aromatic rings. The standard InChI is InChI=1S/C15H30N2/c1-4-11-16-12-14(3)13-17(5-2)15-9-7-6-8-10-15/h15-16H,3-13H2,1-2H3. The normalized spacial score (nSPS) is 17.6.